The van der Waals surface area contributed by atoms with Gasteiger partial charge in [0.2, 0.25) is 0 Å². The highest BCUT2D eigenvalue weighted by molar-refractivity contribution is 5.85. The maximum absolute atomic E-state index is 13.3. The number of pyridine rings is 1. The Balaban J connectivity index is 0.00000136. The summed E-state index contributed by atoms with van der Waals surface area (Å²) in [6.07, 6.45) is 5.59. The topological polar surface area (TPSA) is 69.8 Å². The van der Waals surface area contributed by atoms with Crippen molar-refractivity contribution in [2.75, 3.05) is 0 Å². The normalized spacial score (nSPS) is 10.2. The quantitative estimate of drug-likeness (QED) is 0.370. The third kappa shape index (κ3) is 4.02. The molecule has 5 aromatic rings. The van der Waals surface area contributed by atoms with E-state index in [-0.39, 0.29) is 30.6 Å². The summed E-state index contributed by atoms with van der Waals surface area (Å²) in [7, 11) is 0. The zero-order valence-corrected chi connectivity index (χ0v) is 17.6. The Morgan fingerprint density at radius 3 is 2.23 bits per heavy atom. The van der Waals surface area contributed by atoms with Gasteiger partial charge in [-0.25, -0.2) is 9.37 Å². The lowest BCUT2D eigenvalue weighted by Crippen LogP contribution is -1.91. The second-order valence-corrected chi connectivity index (χ2v) is 6.64. The Kier molecular flexibility index (Phi) is 6.40. The number of imidazole rings is 1. The van der Waals surface area contributed by atoms with Crippen molar-refractivity contribution in [3.05, 3.63) is 90.6 Å². The Morgan fingerprint density at radius 2 is 1.52 bits per heavy atom. The molecule has 0 amide bonds. The van der Waals surface area contributed by atoms with Gasteiger partial charge in [0.1, 0.15) is 11.5 Å². The Labute approximate surface area is 190 Å². The van der Waals surface area contributed by atoms with E-state index in [0.29, 0.717) is 5.56 Å². The third-order valence-electron chi connectivity index (χ3n) is 4.90. The van der Waals surface area contributed by atoms with Crippen molar-refractivity contribution in [2.45, 2.75) is 0 Å². The van der Waals surface area contributed by atoms with Gasteiger partial charge in [-0.05, 0) is 48.5 Å². The van der Waals surface area contributed by atoms with Gasteiger partial charge in [-0.15, -0.1) is 24.8 Å². The second kappa shape index (κ2) is 9.00. The molecule has 0 spiro atoms. The molecule has 0 aliphatic carbocycles. The first-order valence-electron chi connectivity index (χ1n) is 9.00. The van der Waals surface area contributed by atoms with Crippen LogP contribution in [0.2, 0.25) is 0 Å². The highest BCUT2D eigenvalue weighted by Crippen LogP contribution is 2.31. The number of hydrogen-bond donors (Lipinski definition) is 1. The van der Waals surface area contributed by atoms with Crippen molar-refractivity contribution >= 4 is 30.5 Å². The van der Waals surface area contributed by atoms with Gasteiger partial charge in [0.15, 0.2) is 0 Å². The van der Waals surface area contributed by atoms with Crippen LogP contribution >= 0.6 is 24.8 Å². The van der Waals surface area contributed by atoms with Gasteiger partial charge in [0, 0.05) is 28.5 Å². The number of aromatic nitrogens is 4. The lowest BCUT2D eigenvalue weighted by atomic mass is 10.0. The van der Waals surface area contributed by atoms with E-state index in [1.54, 1.807) is 30.5 Å². The van der Waals surface area contributed by atoms with Crippen LogP contribution in [-0.4, -0.2) is 19.6 Å². The third-order valence-corrected chi connectivity index (χ3v) is 4.90. The molecule has 2 aromatic carbocycles. The molecule has 0 saturated heterocycles. The molecule has 0 radical (unpaired) electrons. The van der Waals surface area contributed by atoms with Crippen LogP contribution in [0, 0.1) is 17.1 Å². The molecule has 1 N–H and O–H groups in total. The lowest BCUT2D eigenvalue weighted by Gasteiger charge is -2.07. The molecular formula is C23H16Cl2FN5. The maximum atomic E-state index is 13.3. The molecule has 0 bridgehead atoms. The highest BCUT2D eigenvalue weighted by atomic mass is 35.5. The SMILES string of the molecule is Cl.Cl.N#Cc1ccc(-c2cnc3ccc(-c4cn[nH]c4-c4ccc(F)cc4)cn23)cc1. The molecular weight excluding hydrogens is 436 g/mol. The molecule has 0 atom stereocenters. The van der Waals surface area contributed by atoms with E-state index in [2.05, 4.69) is 21.3 Å². The van der Waals surface area contributed by atoms with Crippen molar-refractivity contribution in [1.82, 2.24) is 19.6 Å². The van der Waals surface area contributed by atoms with Gasteiger partial charge < -0.3 is 0 Å². The molecule has 3 aromatic heterocycles. The molecule has 31 heavy (non-hydrogen) atoms. The van der Waals surface area contributed by atoms with Crippen molar-refractivity contribution in [1.29, 1.82) is 5.26 Å². The summed E-state index contributed by atoms with van der Waals surface area (Å²) in [6, 6.07) is 19.8. The van der Waals surface area contributed by atoms with Crippen LogP contribution in [0.25, 0.3) is 39.3 Å². The van der Waals surface area contributed by atoms with Crippen molar-refractivity contribution in [2.24, 2.45) is 0 Å². The van der Waals surface area contributed by atoms with Crippen molar-refractivity contribution in [3.63, 3.8) is 0 Å². The fourth-order valence-corrected chi connectivity index (χ4v) is 3.41. The second-order valence-electron chi connectivity index (χ2n) is 6.64. The van der Waals surface area contributed by atoms with E-state index in [4.69, 9.17) is 5.26 Å². The van der Waals surface area contributed by atoms with Gasteiger partial charge in [0.25, 0.3) is 0 Å². The zero-order valence-electron chi connectivity index (χ0n) is 16.0. The molecule has 0 aliphatic rings. The van der Waals surface area contributed by atoms with Gasteiger partial charge in [-0.3, -0.25) is 9.50 Å². The smallest absolute Gasteiger partial charge is 0.137 e. The van der Waals surface area contributed by atoms with Gasteiger partial charge in [-0.2, -0.15) is 10.4 Å². The highest BCUT2D eigenvalue weighted by Gasteiger charge is 2.13. The maximum Gasteiger partial charge on any atom is 0.137 e. The molecule has 8 heteroatoms. The van der Waals surface area contributed by atoms with E-state index < -0.39 is 0 Å². The van der Waals surface area contributed by atoms with Crippen LogP contribution in [0.4, 0.5) is 4.39 Å². The predicted molar refractivity (Wildman–Crippen MR) is 123 cm³/mol. The number of H-pyrrole nitrogens is 1. The number of aromatic amines is 1. The largest absolute Gasteiger partial charge is 0.299 e. The summed E-state index contributed by atoms with van der Waals surface area (Å²) in [5, 5.41) is 16.2. The van der Waals surface area contributed by atoms with Crippen LogP contribution in [0.15, 0.2) is 79.3 Å². The number of nitriles is 1. The number of nitrogens with one attached hydrogen (secondary N) is 1. The van der Waals surface area contributed by atoms with Crippen LogP contribution < -0.4 is 0 Å². The van der Waals surface area contributed by atoms with Crippen molar-refractivity contribution in [3.8, 4) is 39.7 Å². The van der Waals surface area contributed by atoms with Crippen LogP contribution in [0.5, 0.6) is 0 Å². The number of halogens is 3. The first-order chi connectivity index (χ1) is 14.2. The summed E-state index contributed by atoms with van der Waals surface area (Å²) in [5.41, 5.74) is 6.89. The van der Waals surface area contributed by atoms with Gasteiger partial charge >= 0.3 is 0 Å². The molecule has 0 fully saturated rings. The van der Waals surface area contributed by atoms with E-state index in [1.807, 2.05) is 41.1 Å². The minimum atomic E-state index is -0.276. The Hall–Kier alpha value is -3.66. The summed E-state index contributed by atoms with van der Waals surface area (Å²) >= 11 is 0. The summed E-state index contributed by atoms with van der Waals surface area (Å²) < 4.78 is 15.3. The van der Waals surface area contributed by atoms with Crippen LogP contribution in [0.1, 0.15) is 5.56 Å². The van der Waals surface area contributed by atoms with Crippen LogP contribution in [0.3, 0.4) is 0 Å². The monoisotopic (exact) mass is 451 g/mol. The summed E-state index contributed by atoms with van der Waals surface area (Å²) in [4.78, 5) is 4.48. The fraction of sp³-hybridized carbons (Fsp3) is 0. The first-order valence-corrected chi connectivity index (χ1v) is 9.00. The number of rotatable bonds is 3. The average molecular weight is 452 g/mol. The van der Waals surface area contributed by atoms with Gasteiger partial charge in [-0.1, -0.05) is 12.1 Å². The number of hydrogen-bond acceptors (Lipinski definition) is 3. The molecule has 154 valence electrons. The Morgan fingerprint density at radius 1 is 0.839 bits per heavy atom. The lowest BCUT2D eigenvalue weighted by molar-refractivity contribution is 0.628. The Bertz CT molecular complexity index is 1370. The summed E-state index contributed by atoms with van der Waals surface area (Å²) in [6.45, 7) is 0. The van der Waals surface area contributed by atoms with E-state index in [1.165, 1.54) is 12.1 Å². The number of nitrogens with zero attached hydrogens (tertiary/aromatic N) is 4. The predicted octanol–water partition coefficient (Wildman–Crippen LogP) is 5.91. The molecule has 0 saturated carbocycles. The minimum Gasteiger partial charge on any atom is -0.299 e. The molecule has 5 nitrogen and oxygen atoms in total. The molecule has 0 unspecified atom stereocenters. The number of fused-ring (bicyclic) bond motifs is 1. The fourth-order valence-electron chi connectivity index (χ4n) is 3.41. The molecule has 0 aliphatic heterocycles. The van der Waals surface area contributed by atoms with E-state index >= 15 is 0 Å². The first kappa shape index (κ1) is 22.0. The van der Waals surface area contributed by atoms with Crippen LogP contribution in [-0.2, 0) is 0 Å². The molecule has 5 rings (SSSR count). The zero-order chi connectivity index (χ0) is 19.8. The standard InChI is InChI=1S/C23H14FN5.2ClH/c24-19-8-5-17(6-9-19)23-20(12-27-28-23)18-7-10-22-26-13-21(29(22)14-18)16-3-1-15(11-25)2-4-16;;/h1-10,12-14H,(H,27,28);2*1H. The van der Waals surface area contributed by atoms with E-state index in [9.17, 15) is 4.39 Å². The molecule has 3 heterocycles. The number of benzene rings is 2. The van der Waals surface area contributed by atoms with Gasteiger partial charge in [0.05, 0.1) is 35.4 Å². The minimum absolute atomic E-state index is 0. The average Bonchev–Trinajstić information content (AvgIpc) is 3.41. The van der Waals surface area contributed by atoms with E-state index in [0.717, 1.165) is 39.3 Å². The van der Waals surface area contributed by atoms with Crippen molar-refractivity contribution < 1.29 is 4.39 Å². The summed E-state index contributed by atoms with van der Waals surface area (Å²) in [5.74, 6) is -0.276.